The van der Waals surface area contributed by atoms with Gasteiger partial charge in [-0.15, -0.1) is 0 Å². The maximum absolute atomic E-state index is 11.6. The second-order valence-electron chi connectivity index (χ2n) is 3.76. The Morgan fingerprint density at radius 3 is 2.26 bits per heavy atom. The topological polar surface area (TPSA) is 65.0 Å². The van der Waals surface area contributed by atoms with Crippen molar-refractivity contribution in [3.8, 4) is 0 Å². The van der Waals surface area contributed by atoms with Gasteiger partial charge in [-0.1, -0.05) is 6.58 Å². The summed E-state index contributed by atoms with van der Waals surface area (Å²) in [5.74, 6) is -0.987. The molecule has 0 amide bonds. The highest BCUT2D eigenvalue weighted by atomic mass is 16.6. The summed E-state index contributed by atoms with van der Waals surface area (Å²) in [4.78, 5) is 26.4. The summed E-state index contributed by atoms with van der Waals surface area (Å²) in [6, 6.07) is 6.49. The van der Waals surface area contributed by atoms with E-state index in [1.54, 1.807) is 31.2 Å². The second kappa shape index (κ2) is 7.10. The maximum atomic E-state index is 11.6. The van der Waals surface area contributed by atoms with Gasteiger partial charge in [-0.25, -0.2) is 9.59 Å². The fourth-order valence-corrected chi connectivity index (χ4v) is 1.18. The summed E-state index contributed by atoms with van der Waals surface area (Å²) in [5.41, 5.74) is 1.38. The van der Waals surface area contributed by atoms with Crippen LogP contribution in [0.4, 0.5) is 5.69 Å². The predicted octanol–water partition coefficient (Wildman–Crippen LogP) is 2.29. The number of hydrogen-bond acceptors (Lipinski definition) is 5. The molecule has 0 aliphatic heterocycles. The Balaban J connectivity index is 2.36. The lowest BCUT2D eigenvalue weighted by Gasteiger charge is -2.06. The van der Waals surface area contributed by atoms with Gasteiger partial charge in [-0.2, -0.15) is 0 Å². The van der Waals surface area contributed by atoms with Crippen LogP contribution >= 0.6 is 0 Å². The van der Waals surface area contributed by atoms with Crippen LogP contribution in [0.25, 0.3) is 0 Å². The molecule has 19 heavy (non-hydrogen) atoms. The Hall–Kier alpha value is -2.43. The van der Waals surface area contributed by atoms with Crippen LogP contribution in [0.5, 0.6) is 0 Å². The van der Waals surface area contributed by atoms with Gasteiger partial charge in [0.2, 0.25) is 0 Å². The number of carbonyl (C=O) groups is 2. The SMILES string of the molecule is C=Nc1ccc(C(=O)OCCOC(=O)C(=C)C)cc1. The molecule has 0 atom stereocenters. The molecule has 0 spiro atoms. The minimum Gasteiger partial charge on any atom is -0.459 e. The first-order valence-electron chi connectivity index (χ1n) is 5.61. The van der Waals surface area contributed by atoms with Crippen LogP contribution < -0.4 is 0 Å². The molecule has 0 bridgehead atoms. The number of hydrogen-bond donors (Lipinski definition) is 0. The van der Waals surface area contributed by atoms with Crippen molar-refractivity contribution in [1.29, 1.82) is 0 Å². The van der Waals surface area contributed by atoms with Crippen molar-refractivity contribution in [3.63, 3.8) is 0 Å². The molecule has 0 aliphatic rings. The molecule has 1 rings (SSSR count). The zero-order valence-corrected chi connectivity index (χ0v) is 10.7. The zero-order chi connectivity index (χ0) is 14.3. The lowest BCUT2D eigenvalue weighted by Crippen LogP contribution is -2.14. The lowest BCUT2D eigenvalue weighted by atomic mass is 10.2. The average molecular weight is 261 g/mol. The maximum Gasteiger partial charge on any atom is 0.338 e. The standard InChI is InChI=1S/C14H15NO4/c1-10(2)13(16)18-8-9-19-14(17)11-4-6-12(15-3)7-5-11/h4-7H,1,3,8-9H2,2H3. The van der Waals surface area contributed by atoms with E-state index in [2.05, 4.69) is 18.3 Å². The third-order valence-corrected chi connectivity index (χ3v) is 2.18. The van der Waals surface area contributed by atoms with Crippen molar-refractivity contribution >= 4 is 24.3 Å². The van der Waals surface area contributed by atoms with Crippen LogP contribution in [0, 0.1) is 0 Å². The fourth-order valence-electron chi connectivity index (χ4n) is 1.18. The first-order valence-corrected chi connectivity index (χ1v) is 5.61. The van der Waals surface area contributed by atoms with Gasteiger partial charge in [-0.05, 0) is 37.9 Å². The van der Waals surface area contributed by atoms with E-state index in [0.29, 0.717) is 16.8 Å². The van der Waals surface area contributed by atoms with E-state index in [0.717, 1.165) is 0 Å². The molecule has 1 aromatic rings. The summed E-state index contributed by atoms with van der Waals surface area (Å²) in [6.45, 7) is 8.36. The van der Waals surface area contributed by atoms with E-state index >= 15 is 0 Å². The highest BCUT2D eigenvalue weighted by Gasteiger charge is 2.08. The minimum atomic E-state index is -0.502. The molecule has 100 valence electrons. The van der Waals surface area contributed by atoms with Crippen molar-refractivity contribution < 1.29 is 19.1 Å². The Labute approximate surface area is 111 Å². The van der Waals surface area contributed by atoms with Crippen molar-refractivity contribution in [2.75, 3.05) is 13.2 Å². The van der Waals surface area contributed by atoms with Crippen molar-refractivity contribution in [2.45, 2.75) is 6.92 Å². The zero-order valence-electron chi connectivity index (χ0n) is 10.7. The number of carbonyl (C=O) groups excluding carboxylic acids is 2. The molecule has 0 saturated heterocycles. The number of benzene rings is 1. The Kier molecular flexibility index (Phi) is 5.47. The molecule has 0 N–H and O–H groups in total. The Morgan fingerprint density at radius 1 is 1.16 bits per heavy atom. The molecule has 0 saturated carbocycles. The molecule has 1 aromatic carbocycles. The third kappa shape index (κ3) is 4.75. The van der Waals surface area contributed by atoms with E-state index < -0.39 is 11.9 Å². The number of esters is 2. The number of ether oxygens (including phenoxy) is 2. The third-order valence-electron chi connectivity index (χ3n) is 2.18. The van der Waals surface area contributed by atoms with Crippen LogP contribution in [0.2, 0.25) is 0 Å². The number of rotatable bonds is 6. The molecular formula is C14H15NO4. The summed E-state index contributed by atoms with van der Waals surface area (Å²) < 4.78 is 9.73. The van der Waals surface area contributed by atoms with Gasteiger partial charge in [0.1, 0.15) is 13.2 Å². The van der Waals surface area contributed by atoms with Gasteiger partial charge >= 0.3 is 11.9 Å². The molecule has 5 nitrogen and oxygen atoms in total. The number of nitrogens with zero attached hydrogens (tertiary/aromatic N) is 1. The van der Waals surface area contributed by atoms with Crippen molar-refractivity contribution in [1.82, 2.24) is 0 Å². The van der Waals surface area contributed by atoms with E-state index in [9.17, 15) is 9.59 Å². The van der Waals surface area contributed by atoms with Crippen LogP contribution in [0.15, 0.2) is 41.4 Å². The smallest absolute Gasteiger partial charge is 0.338 e. The minimum absolute atomic E-state index is 0.000681. The number of aliphatic imine (C=N–C) groups is 1. The second-order valence-corrected chi connectivity index (χ2v) is 3.76. The van der Waals surface area contributed by atoms with E-state index in [4.69, 9.17) is 9.47 Å². The van der Waals surface area contributed by atoms with Gasteiger partial charge in [0.15, 0.2) is 0 Å². The molecule has 0 aliphatic carbocycles. The van der Waals surface area contributed by atoms with Crippen LogP contribution in [0.1, 0.15) is 17.3 Å². The molecule has 0 aromatic heterocycles. The van der Waals surface area contributed by atoms with Crippen LogP contribution in [-0.2, 0) is 14.3 Å². The first-order chi connectivity index (χ1) is 9.04. The van der Waals surface area contributed by atoms with Gasteiger partial charge < -0.3 is 9.47 Å². The average Bonchev–Trinajstić information content (AvgIpc) is 2.43. The highest BCUT2D eigenvalue weighted by molar-refractivity contribution is 5.89. The largest absolute Gasteiger partial charge is 0.459 e. The van der Waals surface area contributed by atoms with Crippen molar-refractivity contribution in [2.24, 2.45) is 4.99 Å². The Bertz CT molecular complexity index is 491. The van der Waals surface area contributed by atoms with E-state index in [1.807, 2.05) is 0 Å². The molecular weight excluding hydrogens is 246 g/mol. The van der Waals surface area contributed by atoms with Gasteiger partial charge in [0.25, 0.3) is 0 Å². The fraction of sp³-hybridized carbons (Fsp3) is 0.214. The van der Waals surface area contributed by atoms with E-state index in [1.165, 1.54) is 0 Å². The molecule has 0 heterocycles. The first kappa shape index (κ1) is 14.6. The molecule has 0 radical (unpaired) electrons. The molecule has 0 fully saturated rings. The van der Waals surface area contributed by atoms with E-state index in [-0.39, 0.29) is 13.2 Å². The Morgan fingerprint density at radius 2 is 1.74 bits per heavy atom. The van der Waals surface area contributed by atoms with Crippen LogP contribution in [0.3, 0.4) is 0 Å². The highest BCUT2D eigenvalue weighted by Crippen LogP contribution is 2.12. The lowest BCUT2D eigenvalue weighted by molar-refractivity contribution is -0.140. The van der Waals surface area contributed by atoms with Gasteiger partial charge in [0, 0.05) is 5.57 Å². The van der Waals surface area contributed by atoms with Crippen LogP contribution in [-0.4, -0.2) is 31.9 Å². The summed E-state index contributed by atoms with van der Waals surface area (Å²) in [6.07, 6.45) is 0. The summed E-state index contributed by atoms with van der Waals surface area (Å²) in [5, 5.41) is 0. The quantitative estimate of drug-likeness (QED) is 0.341. The van der Waals surface area contributed by atoms with Crippen molar-refractivity contribution in [3.05, 3.63) is 42.0 Å². The molecule has 0 unspecified atom stereocenters. The molecule has 5 heteroatoms. The normalized spacial score (nSPS) is 9.53. The summed E-state index contributed by atoms with van der Waals surface area (Å²) in [7, 11) is 0. The monoisotopic (exact) mass is 261 g/mol. The predicted molar refractivity (Wildman–Crippen MR) is 71.7 cm³/mol. The summed E-state index contributed by atoms with van der Waals surface area (Å²) >= 11 is 0. The van der Waals surface area contributed by atoms with Gasteiger partial charge in [0.05, 0.1) is 11.3 Å². The van der Waals surface area contributed by atoms with Gasteiger partial charge in [-0.3, -0.25) is 4.99 Å².